The van der Waals surface area contributed by atoms with E-state index in [0.29, 0.717) is 17.1 Å². The zero-order valence-electron chi connectivity index (χ0n) is 11.0. The van der Waals surface area contributed by atoms with Gasteiger partial charge in [-0.1, -0.05) is 13.3 Å². The number of nitro groups is 1. The minimum Gasteiger partial charge on any atom is -0.311 e. The van der Waals surface area contributed by atoms with E-state index in [-0.39, 0.29) is 11.4 Å². The second-order valence-electron chi connectivity index (χ2n) is 4.19. The number of aromatic nitrogens is 3. The largest absolute Gasteiger partial charge is 0.322 e. The number of hydrogen-bond donors (Lipinski definition) is 2. The van der Waals surface area contributed by atoms with Gasteiger partial charge in [-0.05, 0) is 30.9 Å². The lowest BCUT2D eigenvalue weighted by Gasteiger charge is -1.98. The molecule has 20 heavy (non-hydrogen) atoms. The van der Waals surface area contributed by atoms with Gasteiger partial charge in [-0.3, -0.25) is 20.0 Å². The summed E-state index contributed by atoms with van der Waals surface area (Å²) in [5.74, 6) is -0.612. The molecule has 0 aromatic carbocycles. The van der Waals surface area contributed by atoms with Crippen LogP contribution in [0.2, 0.25) is 0 Å². The first-order valence-electron chi connectivity index (χ1n) is 5.99. The number of amides is 1. The number of aromatic amines is 1. The molecule has 0 bridgehead atoms. The molecule has 9 heteroatoms. The van der Waals surface area contributed by atoms with Crippen LogP contribution in [0.4, 0.5) is 10.7 Å². The predicted octanol–water partition coefficient (Wildman–Crippen LogP) is 2.29. The highest BCUT2D eigenvalue weighted by atomic mass is 32.1. The van der Waals surface area contributed by atoms with Crippen molar-refractivity contribution < 1.29 is 9.72 Å². The van der Waals surface area contributed by atoms with Crippen LogP contribution in [0.5, 0.6) is 0 Å². The fraction of sp³-hybridized carbons (Fsp3) is 0.364. The van der Waals surface area contributed by atoms with Gasteiger partial charge in [-0.2, -0.15) is 9.47 Å². The Hall–Kier alpha value is -2.29. The number of nitrogens with zero attached hydrogens (tertiary/aromatic N) is 3. The number of aryl methyl sites for hydroxylation is 2. The third-order valence-corrected chi connectivity index (χ3v) is 3.37. The lowest BCUT2D eigenvalue weighted by molar-refractivity contribution is -0.385. The quantitative estimate of drug-likeness (QED) is 0.648. The number of carbonyl (C=O) groups is 1. The monoisotopic (exact) mass is 295 g/mol. The molecule has 0 aliphatic rings. The first kappa shape index (κ1) is 14.1. The van der Waals surface area contributed by atoms with Gasteiger partial charge in [-0.15, -0.1) is 0 Å². The van der Waals surface area contributed by atoms with Crippen molar-refractivity contribution in [3.63, 3.8) is 0 Å². The van der Waals surface area contributed by atoms with Crippen LogP contribution in [-0.4, -0.2) is 25.4 Å². The summed E-state index contributed by atoms with van der Waals surface area (Å²) in [6, 6.07) is 1.69. The van der Waals surface area contributed by atoms with Crippen LogP contribution >= 0.6 is 11.5 Å². The molecule has 0 saturated carbocycles. The van der Waals surface area contributed by atoms with Gasteiger partial charge in [0.2, 0.25) is 5.69 Å². The molecule has 106 valence electrons. The molecule has 2 heterocycles. The lowest BCUT2D eigenvalue weighted by Crippen LogP contribution is -2.13. The second-order valence-corrected chi connectivity index (χ2v) is 5.00. The van der Waals surface area contributed by atoms with E-state index in [1.807, 2.05) is 6.92 Å². The minimum atomic E-state index is -0.612. The van der Waals surface area contributed by atoms with Crippen LogP contribution < -0.4 is 5.32 Å². The molecular formula is C11H13N5O3S. The van der Waals surface area contributed by atoms with Crippen LogP contribution in [0, 0.1) is 17.0 Å². The topological polar surface area (TPSA) is 114 Å². The van der Waals surface area contributed by atoms with E-state index in [9.17, 15) is 14.9 Å². The van der Waals surface area contributed by atoms with Gasteiger partial charge in [-0.25, -0.2) is 0 Å². The molecule has 2 aromatic rings. The summed E-state index contributed by atoms with van der Waals surface area (Å²) in [6.07, 6.45) is 1.19. The van der Waals surface area contributed by atoms with Gasteiger partial charge in [0.05, 0.1) is 10.6 Å². The summed E-state index contributed by atoms with van der Waals surface area (Å²) in [5.41, 5.74) is 0.673. The molecule has 0 fully saturated rings. The zero-order valence-corrected chi connectivity index (χ0v) is 11.8. The Morgan fingerprint density at radius 1 is 1.60 bits per heavy atom. The summed E-state index contributed by atoms with van der Waals surface area (Å²) >= 11 is 1.11. The highest BCUT2D eigenvalue weighted by Gasteiger charge is 2.28. The standard InChI is InChI=1S/C11H13N5O3S/c1-3-4-7-10(16(18)19)9(14-13-7)11(17)12-8-5-6(2)15-20-8/h5H,3-4H2,1-2H3,(H,12,17)(H,13,14). The molecule has 0 aliphatic carbocycles. The molecule has 0 aliphatic heterocycles. The molecule has 0 radical (unpaired) electrons. The van der Waals surface area contributed by atoms with Gasteiger partial charge >= 0.3 is 5.69 Å². The second kappa shape index (κ2) is 5.78. The Morgan fingerprint density at radius 2 is 2.35 bits per heavy atom. The number of anilines is 1. The Morgan fingerprint density at radius 3 is 2.90 bits per heavy atom. The number of carbonyl (C=O) groups excluding carboxylic acids is 1. The molecule has 2 rings (SSSR count). The van der Waals surface area contributed by atoms with Gasteiger partial charge in [0.25, 0.3) is 5.91 Å². The maximum atomic E-state index is 12.0. The summed E-state index contributed by atoms with van der Waals surface area (Å²) in [5, 5.41) is 20.5. The molecular weight excluding hydrogens is 282 g/mol. The van der Waals surface area contributed by atoms with E-state index < -0.39 is 10.8 Å². The fourth-order valence-electron chi connectivity index (χ4n) is 1.75. The van der Waals surface area contributed by atoms with E-state index >= 15 is 0 Å². The molecule has 0 spiro atoms. The maximum absolute atomic E-state index is 12.0. The van der Waals surface area contributed by atoms with Crippen molar-refractivity contribution in [1.29, 1.82) is 0 Å². The van der Waals surface area contributed by atoms with Crippen LogP contribution in [0.1, 0.15) is 35.2 Å². The molecule has 0 atom stereocenters. The molecule has 0 unspecified atom stereocenters. The maximum Gasteiger partial charge on any atom is 0.322 e. The molecule has 1 amide bonds. The fourth-order valence-corrected chi connectivity index (χ4v) is 2.40. The van der Waals surface area contributed by atoms with Crippen molar-refractivity contribution in [3.05, 3.63) is 33.3 Å². The van der Waals surface area contributed by atoms with Gasteiger partial charge in [0, 0.05) is 0 Å². The lowest BCUT2D eigenvalue weighted by atomic mass is 10.2. The Balaban J connectivity index is 2.27. The molecule has 2 aromatic heterocycles. The molecule has 2 N–H and O–H groups in total. The van der Waals surface area contributed by atoms with E-state index in [1.165, 1.54) is 0 Å². The predicted molar refractivity (Wildman–Crippen MR) is 74.0 cm³/mol. The Bertz CT molecular complexity index is 648. The molecule has 0 saturated heterocycles. The highest BCUT2D eigenvalue weighted by Crippen LogP contribution is 2.24. The number of hydrogen-bond acceptors (Lipinski definition) is 6. The summed E-state index contributed by atoms with van der Waals surface area (Å²) in [4.78, 5) is 22.6. The summed E-state index contributed by atoms with van der Waals surface area (Å²) < 4.78 is 4.02. The first-order valence-corrected chi connectivity index (χ1v) is 6.76. The van der Waals surface area contributed by atoms with Crippen molar-refractivity contribution in [2.45, 2.75) is 26.7 Å². The van der Waals surface area contributed by atoms with Crippen molar-refractivity contribution in [2.75, 3.05) is 5.32 Å². The van der Waals surface area contributed by atoms with E-state index in [2.05, 4.69) is 19.9 Å². The summed E-state index contributed by atoms with van der Waals surface area (Å²) in [7, 11) is 0. The van der Waals surface area contributed by atoms with Crippen molar-refractivity contribution in [1.82, 2.24) is 14.6 Å². The van der Waals surface area contributed by atoms with Crippen molar-refractivity contribution >= 4 is 28.1 Å². The third kappa shape index (κ3) is 2.82. The highest BCUT2D eigenvalue weighted by molar-refractivity contribution is 7.10. The van der Waals surface area contributed by atoms with Crippen LogP contribution in [0.3, 0.4) is 0 Å². The number of rotatable bonds is 5. The van der Waals surface area contributed by atoms with Gasteiger partial charge in [0.1, 0.15) is 10.7 Å². The van der Waals surface area contributed by atoms with Gasteiger partial charge < -0.3 is 5.32 Å². The van der Waals surface area contributed by atoms with E-state index in [0.717, 1.165) is 23.6 Å². The summed E-state index contributed by atoms with van der Waals surface area (Å²) in [6.45, 7) is 3.69. The van der Waals surface area contributed by atoms with Crippen molar-refractivity contribution in [2.24, 2.45) is 0 Å². The Kier molecular flexibility index (Phi) is 4.08. The first-order chi connectivity index (χ1) is 9.52. The smallest absolute Gasteiger partial charge is 0.311 e. The van der Waals surface area contributed by atoms with Crippen LogP contribution in [0.15, 0.2) is 6.07 Å². The molecule has 8 nitrogen and oxygen atoms in total. The number of nitrogens with one attached hydrogen (secondary N) is 2. The van der Waals surface area contributed by atoms with E-state index in [1.54, 1.807) is 13.0 Å². The van der Waals surface area contributed by atoms with Crippen LogP contribution in [-0.2, 0) is 6.42 Å². The van der Waals surface area contributed by atoms with E-state index in [4.69, 9.17) is 0 Å². The van der Waals surface area contributed by atoms with Gasteiger partial charge in [0.15, 0.2) is 0 Å². The zero-order chi connectivity index (χ0) is 14.7. The van der Waals surface area contributed by atoms with Crippen LogP contribution in [0.25, 0.3) is 0 Å². The minimum absolute atomic E-state index is 0.204. The number of H-pyrrole nitrogens is 1. The van der Waals surface area contributed by atoms with Crippen molar-refractivity contribution in [3.8, 4) is 0 Å². The Labute approximate surface area is 118 Å². The average Bonchev–Trinajstić information content (AvgIpc) is 2.96. The normalized spacial score (nSPS) is 10.5. The third-order valence-electron chi connectivity index (χ3n) is 2.58. The SMILES string of the molecule is CCCc1[nH]nc(C(=O)Nc2cc(C)ns2)c1[N+](=O)[O-]. The average molecular weight is 295 g/mol.